The van der Waals surface area contributed by atoms with Crippen LogP contribution >= 0.6 is 0 Å². The van der Waals surface area contributed by atoms with E-state index in [0.29, 0.717) is 0 Å². The van der Waals surface area contributed by atoms with Crippen molar-refractivity contribution in [1.29, 1.82) is 0 Å². The lowest BCUT2D eigenvalue weighted by Crippen LogP contribution is -1.99. The number of para-hydroxylation sites is 4. The highest BCUT2D eigenvalue weighted by atomic mass is 15.0. The van der Waals surface area contributed by atoms with Gasteiger partial charge < -0.3 is 13.7 Å². The number of benzene rings is 7. The van der Waals surface area contributed by atoms with Gasteiger partial charge in [0.1, 0.15) is 0 Å². The molecule has 4 nitrogen and oxygen atoms in total. The molecule has 4 heterocycles. The first-order valence-corrected chi connectivity index (χ1v) is 17.4. The van der Waals surface area contributed by atoms with E-state index in [-0.39, 0.29) is 0 Å². The molecule has 0 saturated heterocycles. The van der Waals surface area contributed by atoms with Crippen LogP contribution in [0.15, 0.2) is 182 Å². The lowest BCUT2D eigenvalue weighted by molar-refractivity contribution is 1.14. The quantitative estimate of drug-likeness (QED) is 0.186. The summed E-state index contributed by atoms with van der Waals surface area (Å²) in [6, 6.07) is 61.4. The minimum absolute atomic E-state index is 1.08. The Bertz CT molecular complexity index is 3090. The van der Waals surface area contributed by atoms with Crippen molar-refractivity contribution in [3.63, 3.8) is 0 Å². The lowest BCUT2D eigenvalue weighted by atomic mass is 10.0. The van der Waals surface area contributed by atoms with Crippen molar-refractivity contribution >= 4 is 65.4 Å². The number of nitrogens with zero attached hydrogens (tertiary/aromatic N) is 4. The molecule has 0 amide bonds. The van der Waals surface area contributed by atoms with Gasteiger partial charge in [-0.2, -0.15) is 0 Å². The van der Waals surface area contributed by atoms with Crippen molar-refractivity contribution in [2.24, 2.45) is 0 Å². The minimum Gasteiger partial charge on any atom is -0.309 e. The molecule has 51 heavy (non-hydrogen) atoms. The predicted octanol–water partition coefficient (Wildman–Crippen LogP) is 12.0. The summed E-state index contributed by atoms with van der Waals surface area (Å²) >= 11 is 0. The summed E-state index contributed by atoms with van der Waals surface area (Å²) in [6.45, 7) is 0. The molecule has 0 radical (unpaired) electrons. The molecule has 0 bridgehead atoms. The average Bonchev–Trinajstić information content (AvgIpc) is 3.84. The Balaban J connectivity index is 1.17. The first-order chi connectivity index (χ1) is 25.3. The van der Waals surface area contributed by atoms with Crippen molar-refractivity contribution < 1.29 is 0 Å². The van der Waals surface area contributed by atoms with E-state index in [9.17, 15) is 0 Å². The summed E-state index contributed by atoms with van der Waals surface area (Å²) in [4.78, 5) is 4.64. The van der Waals surface area contributed by atoms with Gasteiger partial charge in [0.15, 0.2) is 0 Å². The van der Waals surface area contributed by atoms with Crippen LogP contribution in [0.25, 0.3) is 93.6 Å². The SMILES string of the molecule is c1ccc(-n2c3ccccc3c3ccc4c5ccncc5n(-c5cccc(-c6cccc(-n7c8ccccc8c8ccccc87)c6)c5)c4c32)cc1. The van der Waals surface area contributed by atoms with E-state index in [1.165, 1.54) is 65.5 Å². The van der Waals surface area contributed by atoms with E-state index in [0.717, 1.165) is 28.1 Å². The van der Waals surface area contributed by atoms with Crippen LogP contribution in [0.5, 0.6) is 0 Å². The Labute approximate surface area is 293 Å². The second kappa shape index (κ2) is 10.8. The molecule has 4 heteroatoms. The lowest BCUT2D eigenvalue weighted by Gasteiger charge is -2.14. The predicted molar refractivity (Wildman–Crippen MR) is 213 cm³/mol. The van der Waals surface area contributed by atoms with E-state index in [2.05, 4.69) is 189 Å². The molecule has 0 spiro atoms. The van der Waals surface area contributed by atoms with Gasteiger partial charge in [-0.3, -0.25) is 4.98 Å². The van der Waals surface area contributed by atoms with Crippen LogP contribution in [0.2, 0.25) is 0 Å². The topological polar surface area (TPSA) is 27.7 Å². The van der Waals surface area contributed by atoms with Crippen LogP contribution in [0.1, 0.15) is 0 Å². The third-order valence-corrected chi connectivity index (χ3v) is 10.5. The first kappa shape index (κ1) is 28.0. The second-order valence-corrected chi connectivity index (χ2v) is 13.2. The molecule has 11 aromatic rings. The van der Waals surface area contributed by atoms with E-state index in [4.69, 9.17) is 0 Å². The smallest absolute Gasteiger partial charge is 0.0789 e. The maximum atomic E-state index is 4.64. The number of hydrogen-bond acceptors (Lipinski definition) is 1. The summed E-state index contributed by atoms with van der Waals surface area (Å²) in [5.74, 6) is 0. The van der Waals surface area contributed by atoms with Gasteiger partial charge in [-0.1, -0.05) is 109 Å². The van der Waals surface area contributed by atoms with Gasteiger partial charge in [0, 0.05) is 55.6 Å². The number of hydrogen-bond donors (Lipinski definition) is 0. The molecule has 0 unspecified atom stereocenters. The molecule has 0 aliphatic carbocycles. The van der Waals surface area contributed by atoms with Gasteiger partial charge in [-0.15, -0.1) is 0 Å². The summed E-state index contributed by atoms with van der Waals surface area (Å²) in [5.41, 5.74) is 12.8. The van der Waals surface area contributed by atoms with E-state index in [1.54, 1.807) is 0 Å². The van der Waals surface area contributed by atoms with E-state index in [1.807, 2.05) is 12.4 Å². The summed E-state index contributed by atoms with van der Waals surface area (Å²) in [6.07, 6.45) is 3.91. The average molecular weight is 651 g/mol. The monoisotopic (exact) mass is 650 g/mol. The Kier molecular flexibility index (Phi) is 5.92. The van der Waals surface area contributed by atoms with Gasteiger partial charge in [0.25, 0.3) is 0 Å². The van der Waals surface area contributed by atoms with E-state index >= 15 is 0 Å². The van der Waals surface area contributed by atoms with E-state index < -0.39 is 0 Å². The zero-order valence-corrected chi connectivity index (χ0v) is 27.6. The molecule has 0 saturated carbocycles. The fourth-order valence-corrected chi connectivity index (χ4v) is 8.36. The fourth-order valence-electron chi connectivity index (χ4n) is 8.36. The summed E-state index contributed by atoms with van der Waals surface area (Å²) < 4.78 is 7.23. The Hall–Kier alpha value is -6.91. The molecular weight excluding hydrogens is 621 g/mol. The Morgan fingerprint density at radius 2 is 0.765 bits per heavy atom. The molecule has 0 atom stereocenters. The highest BCUT2D eigenvalue weighted by Crippen LogP contribution is 2.42. The van der Waals surface area contributed by atoms with Gasteiger partial charge >= 0.3 is 0 Å². The number of rotatable bonds is 4. The van der Waals surface area contributed by atoms with Crippen LogP contribution in [-0.4, -0.2) is 18.7 Å². The van der Waals surface area contributed by atoms with Crippen LogP contribution in [-0.2, 0) is 0 Å². The summed E-state index contributed by atoms with van der Waals surface area (Å²) in [5, 5.41) is 7.39. The number of aromatic nitrogens is 4. The molecule has 238 valence electrons. The van der Waals surface area contributed by atoms with Gasteiger partial charge in [0.05, 0.1) is 39.3 Å². The van der Waals surface area contributed by atoms with Gasteiger partial charge in [0.2, 0.25) is 0 Å². The number of pyridine rings is 1. The Morgan fingerprint density at radius 1 is 0.314 bits per heavy atom. The molecule has 4 aromatic heterocycles. The molecule has 7 aromatic carbocycles. The zero-order chi connectivity index (χ0) is 33.5. The molecule has 0 aliphatic rings. The molecule has 0 aliphatic heterocycles. The van der Waals surface area contributed by atoms with Crippen molar-refractivity contribution in [2.45, 2.75) is 0 Å². The highest BCUT2D eigenvalue weighted by Gasteiger charge is 2.21. The third kappa shape index (κ3) is 4.05. The Morgan fingerprint density at radius 3 is 1.37 bits per heavy atom. The molecule has 11 rings (SSSR count). The third-order valence-electron chi connectivity index (χ3n) is 10.5. The van der Waals surface area contributed by atoms with Crippen molar-refractivity contribution in [1.82, 2.24) is 18.7 Å². The molecular formula is C47H30N4. The second-order valence-electron chi connectivity index (χ2n) is 13.2. The van der Waals surface area contributed by atoms with Crippen LogP contribution in [0.4, 0.5) is 0 Å². The van der Waals surface area contributed by atoms with Crippen LogP contribution in [0.3, 0.4) is 0 Å². The normalized spacial score (nSPS) is 11.9. The van der Waals surface area contributed by atoms with Crippen LogP contribution in [0, 0.1) is 0 Å². The maximum absolute atomic E-state index is 4.64. The largest absolute Gasteiger partial charge is 0.309 e. The summed E-state index contributed by atoms with van der Waals surface area (Å²) in [7, 11) is 0. The van der Waals surface area contributed by atoms with Crippen molar-refractivity contribution in [2.75, 3.05) is 0 Å². The fraction of sp³-hybridized carbons (Fsp3) is 0. The zero-order valence-electron chi connectivity index (χ0n) is 27.6. The first-order valence-electron chi connectivity index (χ1n) is 17.4. The maximum Gasteiger partial charge on any atom is 0.0789 e. The van der Waals surface area contributed by atoms with Crippen LogP contribution < -0.4 is 0 Å². The highest BCUT2D eigenvalue weighted by molar-refractivity contribution is 6.23. The van der Waals surface area contributed by atoms with Gasteiger partial charge in [-0.05, 0) is 71.8 Å². The molecule has 0 fully saturated rings. The molecule has 0 N–H and O–H groups in total. The van der Waals surface area contributed by atoms with Gasteiger partial charge in [-0.25, -0.2) is 0 Å². The standard InChI is InChI=1S/C47H30N4/c1-2-14-33(15-3-1)50-44-23-9-6-20-38(44)40-24-25-41-39-26-27-48-30-45(39)51(47(41)46(40)50)35-17-11-13-32(29-35)31-12-10-16-34(28-31)49-42-21-7-4-18-36(42)37-19-5-8-22-43(37)49/h1-30H. The van der Waals surface area contributed by atoms with Crippen molar-refractivity contribution in [3.05, 3.63) is 182 Å². The van der Waals surface area contributed by atoms with Crippen molar-refractivity contribution in [3.8, 4) is 28.2 Å². The minimum atomic E-state index is 1.08. The number of fused-ring (bicyclic) bond motifs is 10.